The molecule has 1 spiro atoms. The van der Waals surface area contributed by atoms with E-state index in [9.17, 15) is 39.5 Å². The number of carbonyl (C=O) groups is 3. The summed E-state index contributed by atoms with van der Waals surface area (Å²) in [4.78, 5) is 40.3. The molecular weight excluding hydrogens is 667 g/mol. The van der Waals surface area contributed by atoms with Crippen LogP contribution in [0.5, 0.6) is 5.88 Å². The first-order valence-corrected chi connectivity index (χ1v) is 13.0. The van der Waals surface area contributed by atoms with Crippen LogP contribution in [0.1, 0.15) is 18.4 Å². The SMILES string of the molecule is COc1ncccc1CN1CCC2(CC1)CN(c1ccccn1)CCO2.O=C(O)C(F)(F)F.O=C(O)C(F)(F)F.O=C(O)C(F)(F)F. The molecule has 47 heavy (non-hydrogen) atoms. The van der Waals surface area contributed by atoms with Crippen molar-refractivity contribution >= 4 is 23.7 Å². The number of ether oxygens (including phenoxy) is 2. The van der Waals surface area contributed by atoms with E-state index in [1.165, 1.54) is 0 Å². The van der Waals surface area contributed by atoms with Gasteiger partial charge in [0.25, 0.3) is 0 Å². The van der Waals surface area contributed by atoms with Crippen molar-refractivity contribution in [3.05, 3.63) is 48.3 Å². The molecule has 2 fully saturated rings. The van der Waals surface area contributed by atoms with Crippen LogP contribution in [0.3, 0.4) is 0 Å². The van der Waals surface area contributed by atoms with Gasteiger partial charge in [0.2, 0.25) is 5.88 Å². The third-order valence-electron chi connectivity index (χ3n) is 6.15. The van der Waals surface area contributed by atoms with Crippen LogP contribution in [0.4, 0.5) is 45.3 Å². The number of aromatic nitrogens is 2. The fourth-order valence-corrected chi connectivity index (χ4v) is 3.97. The Morgan fingerprint density at radius 1 is 0.809 bits per heavy atom. The smallest absolute Gasteiger partial charge is 0.481 e. The highest BCUT2D eigenvalue weighted by Gasteiger charge is 2.41. The number of pyridine rings is 2. The molecule has 0 bridgehead atoms. The predicted octanol–water partition coefficient (Wildman–Crippen LogP) is 4.26. The van der Waals surface area contributed by atoms with Gasteiger partial charge < -0.3 is 29.7 Å². The van der Waals surface area contributed by atoms with Crippen molar-refractivity contribution in [2.45, 2.75) is 43.5 Å². The van der Waals surface area contributed by atoms with E-state index in [-0.39, 0.29) is 5.60 Å². The van der Waals surface area contributed by atoms with Gasteiger partial charge in [0, 0.05) is 50.7 Å². The maximum atomic E-state index is 10.6. The number of halogens is 9. The van der Waals surface area contributed by atoms with Crippen LogP contribution < -0.4 is 9.64 Å². The average Bonchev–Trinajstić information content (AvgIpc) is 2.99. The zero-order chi connectivity index (χ0) is 36.1. The number of rotatable bonds is 4. The van der Waals surface area contributed by atoms with Gasteiger partial charge >= 0.3 is 36.4 Å². The summed E-state index contributed by atoms with van der Waals surface area (Å²) in [5.74, 6) is -6.49. The quantitative estimate of drug-likeness (QED) is 0.390. The molecule has 2 aromatic heterocycles. The molecule has 0 aromatic carbocycles. The second-order valence-corrected chi connectivity index (χ2v) is 9.50. The van der Waals surface area contributed by atoms with E-state index in [0.29, 0.717) is 0 Å². The molecule has 21 heteroatoms. The minimum atomic E-state index is -5.08. The van der Waals surface area contributed by atoms with Gasteiger partial charge in [0.05, 0.1) is 19.3 Å². The molecule has 0 amide bonds. The summed E-state index contributed by atoms with van der Waals surface area (Å²) in [6.07, 6.45) is -9.53. The number of carboxylic acid groups (broad SMARTS) is 3. The number of hydrogen-bond donors (Lipinski definition) is 3. The van der Waals surface area contributed by atoms with Crippen LogP contribution >= 0.6 is 0 Å². The minimum absolute atomic E-state index is 0.0503. The molecule has 2 saturated heterocycles. The highest BCUT2D eigenvalue weighted by molar-refractivity contribution is 5.73. The zero-order valence-electron chi connectivity index (χ0n) is 24.3. The summed E-state index contributed by atoms with van der Waals surface area (Å²) in [6.45, 7) is 5.52. The maximum absolute atomic E-state index is 10.6. The van der Waals surface area contributed by atoms with E-state index in [1.807, 2.05) is 24.4 Å². The van der Waals surface area contributed by atoms with E-state index in [2.05, 4.69) is 31.9 Å². The topological polar surface area (TPSA) is 163 Å². The number of morpholine rings is 1. The Bertz CT molecular complexity index is 1230. The average molecular weight is 697 g/mol. The number of nitrogens with zero attached hydrogens (tertiary/aromatic N) is 4. The number of anilines is 1. The van der Waals surface area contributed by atoms with E-state index in [0.717, 1.165) is 69.4 Å². The van der Waals surface area contributed by atoms with Gasteiger partial charge in [-0.05, 0) is 31.0 Å². The second-order valence-electron chi connectivity index (χ2n) is 9.50. The van der Waals surface area contributed by atoms with Crippen LogP contribution in [-0.2, 0) is 25.7 Å². The number of hydrogen-bond acceptors (Lipinski definition) is 9. The summed E-state index contributed by atoms with van der Waals surface area (Å²) in [6, 6.07) is 10.2. The van der Waals surface area contributed by atoms with Gasteiger partial charge in [-0.15, -0.1) is 0 Å². The van der Waals surface area contributed by atoms with E-state index >= 15 is 0 Å². The molecule has 4 rings (SSSR count). The van der Waals surface area contributed by atoms with Gasteiger partial charge in [0.1, 0.15) is 5.82 Å². The fourth-order valence-electron chi connectivity index (χ4n) is 3.97. The molecule has 264 valence electrons. The van der Waals surface area contributed by atoms with Crippen LogP contribution in [0.25, 0.3) is 0 Å². The zero-order valence-corrected chi connectivity index (χ0v) is 24.3. The lowest BCUT2D eigenvalue weighted by atomic mass is 9.89. The van der Waals surface area contributed by atoms with Gasteiger partial charge in [-0.2, -0.15) is 39.5 Å². The number of carboxylic acids is 3. The summed E-state index contributed by atoms with van der Waals surface area (Å²) < 4.78 is 107. The molecule has 3 N–H and O–H groups in total. The van der Waals surface area contributed by atoms with Crippen molar-refractivity contribution in [1.82, 2.24) is 14.9 Å². The summed E-state index contributed by atoms with van der Waals surface area (Å²) in [7, 11) is 1.68. The number of likely N-dealkylation sites (tertiary alicyclic amines) is 1. The van der Waals surface area contributed by atoms with E-state index in [4.69, 9.17) is 39.2 Å². The van der Waals surface area contributed by atoms with Crippen molar-refractivity contribution in [2.24, 2.45) is 0 Å². The summed E-state index contributed by atoms with van der Waals surface area (Å²) in [5.41, 5.74) is 1.09. The molecule has 0 radical (unpaired) electrons. The Balaban J connectivity index is 0.000000430. The van der Waals surface area contributed by atoms with Crippen molar-refractivity contribution in [3.63, 3.8) is 0 Å². The Hall–Kier alpha value is -4.40. The largest absolute Gasteiger partial charge is 0.490 e. The number of piperidine rings is 1. The van der Waals surface area contributed by atoms with Gasteiger partial charge in [0.15, 0.2) is 0 Å². The first-order valence-electron chi connectivity index (χ1n) is 13.0. The van der Waals surface area contributed by atoms with Gasteiger partial charge in [-0.1, -0.05) is 12.1 Å². The van der Waals surface area contributed by atoms with E-state index in [1.54, 1.807) is 13.3 Å². The lowest BCUT2D eigenvalue weighted by molar-refractivity contribution is -0.193. The lowest BCUT2D eigenvalue weighted by Gasteiger charge is -2.47. The highest BCUT2D eigenvalue weighted by atomic mass is 19.4. The Morgan fingerprint density at radius 2 is 1.30 bits per heavy atom. The first-order chi connectivity index (χ1) is 21.6. The Morgan fingerprint density at radius 3 is 1.72 bits per heavy atom. The van der Waals surface area contributed by atoms with Crippen LogP contribution in [0, 0.1) is 0 Å². The molecule has 0 saturated carbocycles. The Kier molecular flexibility index (Phi) is 15.1. The predicted molar refractivity (Wildman–Crippen MR) is 142 cm³/mol. The van der Waals surface area contributed by atoms with Crippen molar-refractivity contribution in [3.8, 4) is 5.88 Å². The molecule has 12 nitrogen and oxygen atoms in total. The third-order valence-corrected chi connectivity index (χ3v) is 6.15. The molecule has 2 aliphatic heterocycles. The molecule has 0 atom stereocenters. The fraction of sp³-hybridized carbons (Fsp3) is 0.500. The summed E-state index contributed by atoms with van der Waals surface area (Å²) >= 11 is 0. The monoisotopic (exact) mass is 696 g/mol. The van der Waals surface area contributed by atoms with Gasteiger partial charge in [-0.3, -0.25) is 4.90 Å². The molecule has 0 unspecified atom stereocenters. The van der Waals surface area contributed by atoms with Crippen molar-refractivity contribution in [2.75, 3.05) is 44.8 Å². The van der Waals surface area contributed by atoms with Crippen molar-refractivity contribution in [1.29, 1.82) is 0 Å². The van der Waals surface area contributed by atoms with Gasteiger partial charge in [-0.25, -0.2) is 24.4 Å². The number of alkyl halides is 9. The molecule has 4 heterocycles. The number of methoxy groups -OCH3 is 1. The lowest BCUT2D eigenvalue weighted by Crippen LogP contribution is -2.57. The summed E-state index contributed by atoms with van der Waals surface area (Å²) in [5, 5.41) is 21.4. The minimum Gasteiger partial charge on any atom is -0.481 e. The molecule has 2 aromatic rings. The second kappa shape index (κ2) is 17.5. The van der Waals surface area contributed by atoms with Crippen LogP contribution in [0.2, 0.25) is 0 Å². The molecular formula is C26H29F9N4O8. The first kappa shape index (κ1) is 40.6. The third kappa shape index (κ3) is 14.7. The van der Waals surface area contributed by atoms with Crippen LogP contribution in [0.15, 0.2) is 42.7 Å². The number of aliphatic carboxylic acids is 3. The highest BCUT2D eigenvalue weighted by Crippen LogP contribution is 2.32. The maximum Gasteiger partial charge on any atom is 0.490 e. The Labute approximate surface area is 260 Å². The standard InChI is InChI=1S/C20H26N4O2.3C2HF3O2/c1-25-19-17(5-4-10-22-19)15-23-11-7-20(8-12-23)16-24(13-14-26-20)18-6-2-3-9-21-18;3*3-2(4,5)1(6)7/h2-6,9-10H,7-8,11-16H2,1H3;3*(H,6,7). The molecule has 2 aliphatic rings. The van der Waals surface area contributed by atoms with E-state index < -0.39 is 36.4 Å². The normalized spacial score (nSPS) is 16.3. The van der Waals surface area contributed by atoms with Crippen LogP contribution in [-0.4, -0.2) is 112 Å². The molecule has 0 aliphatic carbocycles. The van der Waals surface area contributed by atoms with Crippen molar-refractivity contribution < 1.29 is 78.7 Å².